The lowest BCUT2D eigenvalue weighted by molar-refractivity contribution is -0.114. The molecule has 2 N–H and O–H groups in total. The Hall–Kier alpha value is -2.43. The highest BCUT2D eigenvalue weighted by Crippen LogP contribution is 2.22. The number of nitriles is 1. The average molecular weight is 390 g/mol. The second-order valence-corrected chi connectivity index (χ2v) is 6.41. The Morgan fingerprint density at radius 1 is 1.22 bits per heavy atom. The highest BCUT2D eigenvalue weighted by molar-refractivity contribution is 9.10. The van der Waals surface area contributed by atoms with Crippen LogP contribution in [0.4, 0.5) is 11.4 Å². The summed E-state index contributed by atoms with van der Waals surface area (Å²) < 4.78 is 0.903. The first kappa shape index (κ1) is 16.9. The lowest BCUT2D eigenvalue weighted by Crippen LogP contribution is -2.13. The molecular weight excluding hydrogens is 378 g/mol. The standard InChI is InChI=1S/C16H12BrN3O2S/c1-10(21)19-13-2-4-14(5-3-13)20-16(22)11(8-18)6-15-7-12(17)9-23-15/h2-7,9H,1H3,(H,19,21)(H,20,22). The van der Waals surface area contributed by atoms with E-state index in [-0.39, 0.29) is 11.5 Å². The van der Waals surface area contributed by atoms with E-state index in [9.17, 15) is 9.59 Å². The van der Waals surface area contributed by atoms with E-state index in [4.69, 9.17) is 5.26 Å². The summed E-state index contributed by atoms with van der Waals surface area (Å²) in [4.78, 5) is 23.9. The Bertz CT molecular complexity index is 803. The van der Waals surface area contributed by atoms with Crippen molar-refractivity contribution in [2.45, 2.75) is 6.92 Å². The minimum absolute atomic E-state index is 0.0188. The Kier molecular flexibility index (Phi) is 5.68. The smallest absolute Gasteiger partial charge is 0.266 e. The Labute approximate surface area is 145 Å². The lowest BCUT2D eigenvalue weighted by atomic mass is 10.2. The number of halogens is 1. The van der Waals surface area contributed by atoms with Crippen molar-refractivity contribution in [2.75, 3.05) is 10.6 Å². The first-order valence-electron chi connectivity index (χ1n) is 6.53. The zero-order valence-electron chi connectivity index (χ0n) is 12.1. The van der Waals surface area contributed by atoms with Crippen molar-refractivity contribution in [3.05, 3.63) is 50.6 Å². The monoisotopic (exact) mass is 389 g/mol. The average Bonchev–Trinajstić information content (AvgIpc) is 2.91. The number of amides is 2. The summed E-state index contributed by atoms with van der Waals surface area (Å²) in [7, 11) is 0. The Morgan fingerprint density at radius 3 is 2.30 bits per heavy atom. The van der Waals surface area contributed by atoms with Gasteiger partial charge in [0.1, 0.15) is 11.6 Å². The van der Waals surface area contributed by atoms with Crippen LogP contribution >= 0.6 is 27.3 Å². The predicted molar refractivity (Wildman–Crippen MR) is 95.0 cm³/mol. The highest BCUT2D eigenvalue weighted by atomic mass is 79.9. The van der Waals surface area contributed by atoms with E-state index in [1.807, 2.05) is 17.5 Å². The molecule has 2 aromatic rings. The van der Waals surface area contributed by atoms with Crippen molar-refractivity contribution in [3.63, 3.8) is 0 Å². The van der Waals surface area contributed by atoms with Crippen molar-refractivity contribution in [3.8, 4) is 6.07 Å². The van der Waals surface area contributed by atoms with Gasteiger partial charge in [-0.15, -0.1) is 11.3 Å². The molecule has 0 saturated heterocycles. The molecule has 2 amide bonds. The molecule has 0 atom stereocenters. The summed E-state index contributed by atoms with van der Waals surface area (Å²) in [6.07, 6.45) is 1.54. The second-order valence-electron chi connectivity index (χ2n) is 4.55. The fourth-order valence-corrected chi connectivity index (χ4v) is 3.11. The van der Waals surface area contributed by atoms with E-state index in [2.05, 4.69) is 26.6 Å². The van der Waals surface area contributed by atoms with E-state index in [0.29, 0.717) is 11.4 Å². The van der Waals surface area contributed by atoms with Gasteiger partial charge < -0.3 is 10.6 Å². The number of benzene rings is 1. The normalized spacial score (nSPS) is 10.7. The molecule has 5 nitrogen and oxygen atoms in total. The zero-order valence-corrected chi connectivity index (χ0v) is 14.5. The van der Waals surface area contributed by atoms with Crippen LogP contribution in [-0.4, -0.2) is 11.8 Å². The number of hydrogen-bond acceptors (Lipinski definition) is 4. The minimum Gasteiger partial charge on any atom is -0.326 e. The van der Waals surface area contributed by atoms with Crippen molar-refractivity contribution in [1.29, 1.82) is 5.26 Å². The van der Waals surface area contributed by atoms with Gasteiger partial charge in [-0.1, -0.05) is 0 Å². The Balaban J connectivity index is 2.09. The number of anilines is 2. The molecule has 0 radical (unpaired) electrons. The van der Waals surface area contributed by atoms with Crippen LogP contribution in [0.15, 0.2) is 45.8 Å². The summed E-state index contributed by atoms with van der Waals surface area (Å²) in [6.45, 7) is 1.42. The maximum atomic E-state index is 12.1. The Morgan fingerprint density at radius 2 is 1.83 bits per heavy atom. The zero-order chi connectivity index (χ0) is 16.8. The van der Waals surface area contributed by atoms with Crippen LogP contribution in [-0.2, 0) is 9.59 Å². The highest BCUT2D eigenvalue weighted by Gasteiger charge is 2.10. The largest absolute Gasteiger partial charge is 0.326 e. The van der Waals surface area contributed by atoms with Crippen LogP contribution in [0.2, 0.25) is 0 Å². The van der Waals surface area contributed by atoms with Gasteiger partial charge in [-0.05, 0) is 52.3 Å². The number of nitrogens with zero attached hydrogens (tertiary/aromatic N) is 1. The maximum absolute atomic E-state index is 12.1. The number of hydrogen-bond donors (Lipinski definition) is 2. The fourth-order valence-electron chi connectivity index (χ4n) is 1.73. The summed E-state index contributed by atoms with van der Waals surface area (Å²) in [6, 6.07) is 10.4. The summed E-state index contributed by atoms with van der Waals surface area (Å²) in [5, 5.41) is 16.3. The van der Waals surface area contributed by atoms with Gasteiger partial charge in [-0.25, -0.2) is 0 Å². The van der Waals surface area contributed by atoms with Gasteiger partial charge in [0, 0.05) is 33.0 Å². The maximum Gasteiger partial charge on any atom is 0.266 e. The molecule has 1 aromatic carbocycles. The molecule has 7 heteroatoms. The molecule has 0 saturated carbocycles. The quantitative estimate of drug-likeness (QED) is 0.611. The number of rotatable bonds is 4. The lowest BCUT2D eigenvalue weighted by Gasteiger charge is -2.06. The van der Waals surface area contributed by atoms with Crippen molar-refractivity contribution in [1.82, 2.24) is 0 Å². The van der Waals surface area contributed by atoms with Crippen LogP contribution in [0.3, 0.4) is 0 Å². The molecule has 0 bridgehead atoms. The van der Waals surface area contributed by atoms with Crippen LogP contribution in [0, 0.1) is 11.3 Å². The molecule has 116 valence electrons. The molecule has 0 aliphatic carbocycles. The molecule has 23 heavy (non-hydrogen) atoms. The van der Waals surface area contributed by atoms with Gasteiger partial charge in [0.25, 0.3) is 5.91 Å². The molecule has 1 heterocycles. The molecule has 1 aromatic heterocycles. The molecule has 0 unspecified atom stereocenters. The van der Waals surface area contributed by atoms with E-state index in [1.165, 1.54) is 24.3 Å². The van der Waals surface area contributed by atoms with Crippen LogP contribution < -0.4 is 10.6 Å². The van der Waals surface area contributed by atoms with Crippen molar-refractivity contribution >= 4 is 56.5 Å². The predicted octanol–water partition coefficient (Wildman–Crippen LogP) is 4.01. The van der Waals surface area contributed by atoms with E-state index in [0.717, 1.165) is 9.35 Å². The van der Waals surface area contributed by atoms with E-state index < -0.39 is 5.91 Å². The molecule has 0 aliphatic rings. The first-order valence-corrected chi connectivity index (χ1v) is 8.20. The topological polar surface area (TPSA) is 82.0 Å². The molecule has 2 rings (SSSR count). The molecule has 0 fully saturated rings. The third-order valence-electron chi connectivity index (χ3n) is 2.70. The second kappa shape index (κ2) is 7.72. The van der Waals surface area contributed by atoms with Crippen LogP contribution in [0.1, 0.15) is 11.8 Å². The fraction of sp³-hybridized carbons (Fsp3) is 0.0625. The van der Waals surface area contributed by atoms with Crippen molar-refractivity contribution in [2.24, 2.45) is 0 Å². The van der Waals surface area contributed by atoms with Gasteiger partial charge in [0.05, 0.1) is 0 Å². The molecule has 0 aliphatic heterocycles. The van der Waals surface area contributed by atoms with Gasteiger partial charge in [-0.2, -0.15) is 5.26 Å². The first-order chi connectivity index (χ1) is 11.0. The molecule has 0 spiro atoms. The number of carbonyl (C=O) groups is 2. The summed E-state index contributed by atoms with van der Waals surface area (Å²) in [5.41, 5.74) is 1.19. The third kappa shape index (κ3) is 5.06. The van der Waals surface area contributed by atoms with E-state index >= 15 is 0 Å². The summed E-state index contributed by atoms with van der Waals surface area (Å²) in [5.74, 6) is -0.650. The summed E-state index contributed by atoms with van der Waals surface area (Å²) >= 11 is 4.76. The van der Waals surface area contributed by atoms with Crippen molar-refractivity contribution < 1.29 is 9.59 Å². The number of carbonyl (C=O) groups excluding carboxylic acids is 2. The van der Waals surface area contributed by atoms with Gasteiger partial charge in [0.2, 0.25) is 5.91 Å². The van der Waals surface area contributed by atoms with Crippen LogP contribution in [0.5, 0.6) is 0 Å². The van der Waals surface area contributed by atoms with Gasteiger partial charge in [0.15, 0.2) is 0 Å². The number of thiophene rings is 1. The molecular formula is C16H12BrN3O2S. The van der Waals surface area contributed by atoms with Gasteiger partial charge in [-0.3, -0.25) is 9.59 Å². The number of nitrogens with one attached hydrogen (secondary N) is 2. The SMILES string of the molecule is CC(=O)Nc1ccc(NC(=O)C(C#N)=Cc2cc(Br)cs2)cc1. The third-order valence-corrected chi connectivity index (χ3v) is 4.34. The van der Waals surface area contributed by atoms with E-state index in [1.54, 1.807) is 24.3 Å². The van der Waals surface area contributed by atoms with Gasteiger partial charge >= 0.3 is 0 Å². The minimum atomic E-state index is -0.482. The van der Waals surface area contributed by atoms with Crippen LogP contribution in [0.25, 0.3) is 6.08 Å².